The molecule has 2 aliphatic heterocycles. The van der Waals surface area contributed by atoms with Crippen molar-refractivity contribution in [3.63, 3.8) is 0 Å². The van der Waals surface area contributed by atoms with Crippen LogP contribution in [0.25, 0.3) is 23.1 Å². The first-order chi connectivity index (χ1) is 11.9. The molecule has 3 heterocycles. The molecule has 2 aliphatic rings. The fraction of sp³-hybridized carbons (Fsp3) is 0.0952. The Morgan fingerprint density at radius 2 is 1.71 bits per heavy atom. The largest absolute Gasteiger partial charge is 0.464 e. The summed E-state index contributed by atoms with van der Waals surface area (Å²) in [6, 6.07) is 20.9. The summed E-state index contributed by atoms with van der Waals surface area (Å²) in [7, 11) is 0. The van der Waals surface area contributed by atoms with Crippen LogP contribution in [0.4, 0.5) is 0 Å². The lowest BCUT2D eigenvalue weighted by Crippen LogP contribution is -2.30. The first-order valence-electron chi connectivity index (χ1n) is 8.17. The molecule has 0 radical (unpaired) electrons. The zero-order chi connectivity index (χ0) is 15.9. The molecule has 0 spiro atoms. The van der Waals surface area contributed by atoms with Crippen molar-refractivity contribution in [1.29, 1.82) is 0 Å². The molecule has 0 atom stereocenters. The van der Waals surface area contributed by atoms with Gasteiger partial charge in [0.25, 0.3) is 0 Å². The molecule has 5 rings (SSSR count). The first kappa shape index (κ1) is 13.4. The van der Waals surface area contributed by atoms with E-state index < -0.39 is 0 Å². The number of hydrogen-bond acceptors (Lipinski definition) is 3. The van der Waals surface area contributed by atoms with Gasteiger partial charge in [0, 0.05) is 17.7 Å². The Morgan fingerprint density at radius 1 is 0.875 bits per heavy atom. The second-order valence-electron chi connectivity index (χ2n) is 6.03. The summed E-state index contributed by atoms with van der Waals surface area (Å²) in [6.45, 7) is 1.79. The van der Waals surface area contributed by atoms with E-state index >= 15 is 0 Å². The molecular weight excluding hydrogens is 296 g/mol. The highest BCUT2D eigenvalue weighted by Gasteiger charge is 2.28. The van der Waals surface area contributed by atoms with E-state index in [1.54, 1.807) is 6.26 Å². The Morgan fingerprint density at radius 3 is 2.54 bits per heavy atom. The van der Waals surface area contributed by atoms with Crippen LogP contribution >= 0.6 is 0 Å². The maximum Gasteiger partial charge on any atom is 0.136 e. The van der Waals surface area contributed by atoms with Gasteiger partial charge in [0.1, 0.15) is 11.6 Å². The molecule has 0 N–H and O–H groups in total. The molecule has 0 amide bonds. The van der Waals surface area contributed by atoms with Gasteiger partial charge in [0.15, 0.2) is 0 Å². The van der Waals surface area contributed by atoms with Crippen molar-refractivity contribution in [1.82, 2.24) is 4.90 Å². The minimum atomic E-state index is 0.853. The van der Waals surface area contributed by atoms with E-state index in [4.69, 9.17) is 9.41 Å². The summed E-state index contributed by atoms with van der Waals surface area (Å²) in [5, 5.41) is 0. The average Bonchev–Trinajstić information content (AvgIpc) is 3.33. The minimum absolute atomic E-state index is 0.853. The third-order valence-corrected chi connectivity index (χ3v) is 4.61. The third-order valence-electron chi connectivity index (χ3n) is 4.61. The molecule has 0 unspecified atom stereocenters. The molecule has 24 heavy (non-hydrogen) atoms. The Kier molecular flexibility index (Phi) is 2.92. The second kappa shape index (κ2) is 5.24. The summed E-state index contributed by atoms with van der Waals surface area (Å²) in [5.74, 6) is 1.99. The van der Waals surface area contributed by atoms with Crippen molar-refractivity contribution in [2.45, 2.75) is 0 Å². The van der Waals surface area contributed by atoms with E-state index in [2.05, 4.69) is 59.5 Å². The van der Waals surface area contributed by atoms with Gasteiger partial charge in [-0.15, -0.1) is 0 Å². The number of rotatable bonds is 2. The van der Waals surface area contributed by atoms with Crippen LogP contribution in [0.1, 0.15) is 16.7 Å². The summed E-state index contributed by atoms with van der Waals surface area (Å²) in [4.78, 5) is 7.04. The van der Waals surface area contributed by atoms with Gasteiger partial charge in [0.05, 0.1) is 18.5 Å². The van der Waals surface area contributed by atoms with Gasteiger partial charge in [-0.2, -0.15) is 0 Å². The average molecular weight is 312 g/mol. The van der Waals surface area contributed by atoms with E-state index in [1.807, 2.05) is 12.1 Å². The third kappa shape index (κ3) is 2.02. The van der Waals surface area contributed by atoms with Crippen molar-refractivity contribution in [2.24, 2.45) is 4.99 Å². The van der Waals surface area contributed by atoms with Crippen LogP contribution in [0.5, 0.6) is 0 Å². The predicted molar refractivity (Wildman–Crippen MR) is 96.6 cm³/mol. The van der Waals surface area contributed by atoms with Crippen LogP contribution < -0.4 is 0 Å². The summed E-state index contributed by atoms with van der Waals surface area (Å²) >= 11 is 0. The van der Waals surface area contributed by atoms with Gasteiger partial charge in [-0.25, -0.2) is 0 Å². The maximum atomic E-state index is 5.48. The fourth-order valence-electron chi connectivity index (χ4n) is 3.45. The fourth-order valence-corrected chi connectivity index (χ4v) is 3.45. The monoisotopic (exact) mass is 312 g/mol. The SMILES string of the molecule is C1=C(c2ccc(-c3ccco3)cc2)N2CCN=C2c2ccccc21. The number of benzene rings is 2. The molecule has 3 aromatic rings. The lowest BCUT2D eigenvalue weighted by Gasteiger charge is -2.29. The topological polar surface area (TPSA) is 28.7 Å². The lowest BCUT2D eigenvalue weighted by atomic mass is 9.97. The maximum absolute atomic E-state index is 5.48. The lowest BCUT2D eigenvalue weighted by molar-refractivity contribution is 0.582. The molecule has 0 bridgehead atoms. The highest BCUT2D eigenvalue weighted by molar-refractivity contribution is 6.12. The van der Waals surface area contributed by atoms with Gasteiger partial charge in [-0.05, 0) is 29.3 Å². The van der Waals surface area contributed by atoms with Crippen LogP contribution in [-0.2, 0) is 0 Å². The van der Waals surface area contributed by atoms with E-state index in [0.717, 1.165) is 30.2 Å². The number of amidine groups is 1. The highest BCUT2D eigenvalue weighted by atomic mass is 16.3. The summed E-state index contributed by atoms with van der Waals surface area (Å²) in [5.41, 5.74) is 5.98. The van der Waals surface area contributed by atoms with E-state index in [-0.39, 0.29) is 0 Å². The van der Waals surface area contributed by atoms with E-state index in [0.29, 0.717) is 0 Å². The molecule has 2 aromatic carbocycles. The number of hydrogen-bond donors (Lipinski definition) is 0. The van der Waals surface area contributed by atoms with Crippen molar-refractivity contribution in [3.8, 4) is 11.3 Å². The van der Waals surface area contributed by atoms with E-state index in [1.165, 1.54) is 22.4 Å². The first-order valence-corrected chi connectivity index (χ1v) is 8.17. The molecule has 3 heteroatoms. The van der Waals surface area contributed by atoms with Crippen molar-refractivity contribution < 1.29 is 4.42 Å². The smallest absolute Gasteiger partial charge is 0.136 e. The normalized spacial score (nSPS) is 15.6. The molecule has 0 aliphatic carbocycles. The number of fused-ring (bicyclic) bond motifs is 3. The number of furan rings is 1. The molecule has 116 valence electrons. The molecule has 0 saturated carbocycles. The van der Waals surface area contributed by atoms with Gasteiger partial charge in [0.2, 0.25) is 0 Å². The Balaban J connectivity index is 1.59. The van der Waals surface area contributed by atoms with Gasteiger partial charge < -0.3 is 9.32 Å². The van der Waals surface area contributed by atoms with Gasteiger partial charge >= 0.3 is 0 Å². The summed E-state index contributed by atoms with van der Waals surface area (Å²) in [6.07, 6.45) is 3.97. The van der Waals surface area contributed by atoms with Crippen LogP contribution in [0.2, 0.25) is 0 Å². The van der Waals surface area contributed by atoms with Gasteiger partial charge in [-0.1, -0.05) is 48.5 Å². The van der Waals surface area contributed by atoms with Crippen molar-refractivity contribution in [3.05, 3.63) is 83.6 Å². The number of nitrogens with zero attached hydrogens (tertiary/aromatic N) is 2. The van der Waals surface area contributed by atoms with Crippen LogP contribution in [0.3, 0.4) is 0 Å². The van der Waals surface area contributed by atoms with Crippen LogP contribution in [0, 0.1) is 0 Å². The zero-order valence-electron chi connectivity index (χ0n) is 13.1. The molecule has 1 aromatic heterocycles. The molecular formula is C21H16N2O. The molecule has 0 saturated heterocycles. The standard InChI is InChI=1S/C21H16N2O/c1-2-5-18-17(4-1)14-19(23-12-11-22-21(18)23)15-7-9-16(10-8-15)20-6-3-13-24-20/h1-10,13-14H,11-12H2. The Hall–Kier alpha value is -3.07. The van der Waals surface area contributed by atoms with Crippen LogP contribution in [-0.4, -0.2) is 23.8 Å². The quantitative estimate of drug-likeness (QED) is 0.696. The molecule has 0 fully saturated rings. The molecule has 3 nitrogen and oxygen atoms in total. The van der Waals surface area contributed by atoms with Gasteiger partial charge in [-0.3, -0.25) is 4.99 Å². The Labute approximate surface area is 140 Å². The Bertz CT molecular complexity index is 950. The second-order valence-corrected chi connectivity index (χ2v) is 6.03. The van der Waals surface area contributed by atoms with Crippen LogP contribution in [0.15, 0.2) is 76.3 Å². The predicted octanol–water partition coefficient (Wildman–Crippen LogP) is 4.52. The van der Waals surface area contributed by atoms with Crippen molar-refractivity contribution >= 4 is 17.6 Å². The zero-order valence-corrected chi connectivity index (χ0v) is 13.1. The highest BCUT2D eigenvalue weighted by Crippen LogP contribution is 2.34. The number of aliphatic imine (C=N–C) groups is 1. The summed E-state index contributed by atoms with van der Waals surface area (Å²) < 4.78 is 5.48. The van der Waals surface area contributed by atoms with E-state index in [9.17, 15) is 0 Å². The minimum Gasteiger partial charge on any atom is -0.464 e. The van der Waals surface area contributed by atoms with Crippen molar-refractivity contribution in [2.75, 3.05) is 13.1 Å².